The molecule has 1 aromatic carbocycles. The van der Waals surface area contributed by atoms with Crippen molar-refractivity contribution in [3.8, 4) is 0 Å². The highest BCUT2D eigenvalue weighted by molar-refractivity contribution is 7.99. The van der Waals surface area contributed by atoms with Gasteiger partial charge in [-0.2, -0.15) is 0 Å². The molecular weight excluding hydrogens is 360 g/mol. The maximum Gasteiger partial charge on any atom is 0.317 e. The number of esters is 1. The Morgan fingerprint density at radius 2 is 2.16 bits per heavy atom. The van der Waals surface area contributed by atoms with Crippen LogP contribution < -0.4 is 5.32 Å². The summed E-state index contributed by atoms with van der Waals surface area (Å²) in [7, 11) is 0. The molecule has 0 radical (unpaired) electrons. The van der Waals surface area contributed by atoms with E-state index in [0.717, 1.165) is 22.2 Å². The number of hydrogen-bond acceptors (Lipinski definition) is 7. The number of amides is 1. The largest absolute Gasteiger partial charge is 0.452 e. The van der Waals surface area contributed by atoms with Gasteiger partial charge in [-0.25, -0.2) is 4.98 Å². The Bertz CT molecular complexity index is 828. The monoisotopic (exact) mass is 376 g/mol. The second-order valence-electron chi connectivity index (χ2n) is 5.17. The number of aromatic nitrogens is 1. The van der Waals surface area contributed by atoms with Crippen LogP contribution in [0.25, 0.3) is 11.1 Å². The molecule has 0 aliphatic carbocycles. The average Bonchev–Trinajstić information content (AvgIpc) is 3.26. The van der Waals surface area contributed by atoms with Gasteiger partial charge in [-0.1, -0.05) is 30.0 Å². The number of ether oxygens (including phenoxy) is 1. The summed E-state index contributed by atoms with van der Waals surface area (Å²) in [6.07, 6.45) is -0.850. The molecule has 1 unspecified atom stereocenters. The summed E-state index contributed by atoms with van der Waals surface area (Å²) < 4.78 is 10.7. The van der Waals surface area contributed by atoms with E-state index >= 15 is 0 Å². The number of rotatable bonds is 7. The Morgan fingerprint density at radius 3 is 2.92 bits per heavy atom. The van der Waals surface area contributed by atoms with Gasteiger partial charge in [0.05, 0.1) is 6.54 Å². The van der Waals surface area contributed by atoms with E-state index in [1.165, 1.54) is 0 Å². The van der Waals surface area contributed by atoms with Crippen molar-refractivity contribution in [3.63, 3.8) is 0 Å². The molecular formula is C17H16N2O4S2. The van der Waals surface area contributed by atoms with Crippen molar-refractivity contribution in [1.29, 1.82) is 0 Å². The van der Waals surface area contributed by atoms with Crippen molar-refractivity contribution in [2.75, 3.05) is 5.75 Å². The number of nitrogens with one attached hydrogen (secondary N) is 1. The van der Waals surface area contributed by atoms with E-state index in [9.17, 15) is 9.59 Å². The van der Waals surface area contributed by atoms with Crippen LogP contribution in [0.1, 0.15) is 11.8 Å². The smallest absolute Gasteiger partial charge is 0.317 e. The lowest BCUT2D eigenvalue weighted by molar-refractivity contribution is -0.152. The molecule has 0 saturated heterocycles. The van der Waals surface area contributed by atoms with Gasteiger partial charge in [-0.05, 0) is 30.5 Å². The minimum atomic E-state index is -0.850. The number of oxazole rings is 1. The van der Waals surface area contributed by atoms with Crippen LogP contribution in [-0.2, 0) is 20.9 Å². The summed E-state index contributed by atoms with van der Waals surface area (Å²) in [6, 6.07) is 11.2. The van der Waals surface area contributed by atoms with E-state index in [1.807, 2.05) is 41.8 Å². The number of carbonyl (C=O) groups is 2. The molecule has 1 amide bonds. The molecule has 2 aromatic heterocycles. The summed E-state index contributed by atoms with van der Waals surface area (Å²) in [5.74, 6) is -0.797. The fourth-order valence-electron chi connectivity index (χ4n) is 2.05. The van der Waals surface area contributed by atoms with Gasteiger partial charge in [-0.3, -0.25) is 9.59 Å². The van der Waals surface area contributed by atoms with Gasteiger partial charge in [-0.15, -0.1) is 11.3 Å². The van der Waals surface area contributed by atoms with Crippen molar-refractivity contribution < 1.29 is 18.7 Å². The van der Waals surface area contributed by atoms with E-state index in [2.05, 4.69) is 10.3 Å². The number of fused-ring (bicyclic) bond motifs is 1. The Kier molecular flexibility index (Phi) is 5.72. The van der Waals surface area contributed by atoms with Gasteiger partial charge < -0.3 is 14.5 Å². The summed E-state index contributed by atoms with van der Waals surface area (Å²) in [5, 5.41) is 5.07. The number of hydrogen-bond donors (Lipinski definition) is 1. The highest BCUT2D eigenvalue weighted by atomic mass is 32.2. The average molecular weight is 376 g/mol. The van der Waals surface area contributed by atoms with Crippen LogP contribution in [0.3, 0.4) is 0 Å². The summed E-state index contributed by atoms with van der Waals surface area (Å²) in [5.41, 5.74) is 1.40. The summed E-state index contributed by atoms with van der Waals surface area (Å²) in [4.78, 5) is 29.1. The second kappa shape index (κ2) is 8.17. The summed E-state index contributed by atoms with van der Waals surface area (Å²) in [6.45, 7) is 1.97. The third-order valence-electron chi connectivity index (χ3n) is 3.28. The minimum Gasteiger partial charge on any atom is -0.452 e. The quantitative estimate of drug-likeness (QED) is 0.504. The topological polar surface area (TPSA) is 81.4 Å². The first-order valence-corrected chi connectivity index (χ1v) is 9.46. The first-order valence-electron chi connectivity index (χ1n) is 7.60. The lowest BCUT2D eigenvalue weighted by Gasteiger charge is -2.12. The maximum atomic E-state index is 11.9. The van der Waals surface area contributed by atoms with Gasteiger partial charge in [0, 0.05) is 4.88 Å². The zero-order chi connectivity index (χ0) is 17.6. The molecule has 0 fully saturated rings. The van der Waals surface area contributed by atoms with E-state index in [1.54, 1.807) is 18.3 Å². The van der Waals surface area contributed by atoms with Crippen molar-refractivity contribution in [1.82, 2.24) is 10.3 Å². The van der Waals surface area contributed by atoms with Gasteiger partial charge in [0.1, 0.15) is 11.3 Å². The summed E-state index contributed by atoms with van der Waals surface area (Å²) >= 11 is 2.69. The second-order valence-corrected chi connectivity index (χ2v) is 7.12. The minimum absolute atomic E-state index is 0.0232. The lowest BCUT2D eigenvalue weighted by Crippen LogP contribution is -2.35. The van der Waals surface area contributed by atoms with Crippen LogP contribution >= 0.6 is 23.1 Å². The van der Waals surface area contributed by atoms with Gasteiger partial charge in [0.15, 0.2) is 11.7 Å². The fourth-order valence-corrected chi connectivity index (χ4v) is 3.31. The predicted molar refractivity (Wildman–Crippen MR) is 96.5 cm³/mol. The maximum absolute atomic E-state index is 11.9. The molecule has 3 rings (SSSR count). The number of carbonyl (C=O) groups excluding carboxylic acids is 2. The molecule has 1 N–H and O–H groups in total. The van der Waals surface area contributed by atoms with Crippen LogP contribution in [0.5, 0.6) is 0 Å². The first kappa shape index (κ1) is 17.5. The number of nitrogens with zero attached hydrogens (tertiary/aromatic N) is 1. The SMILES string of the molecule is CC(OC(=O)CSc1nc2ccccc2o1)C(=O)NCc1cccs1. The Labute approximate surface area is 152 Å². The van der Waals surface area contributed by atoms with Crippen molar-refractivity contribution in [2.24, 2.45) is 0 Å². The zero-order valence-corrected chi connectivity index (χ0v) is 15.1. The third kappa shape index (κ3) is 4.83. The molecule has 8 heteroatoms. The normalized spacial score (nSPS) is 12.0. The number of benzene rings is 1. The lowest BCUT2D eigenvalue weighted by atomic mass is 10.3. The van der Waals surface area contributed by atoms with Crippen molar-refractivity contribution >= 4 is 46.1 Å². The predicted octanol–water partition coefficient (Wildman–Crippen LogP) is 3.23. The molecule has 2 heterocycles. The highest BCUT2D eigenvalue weighted by Crippen LogP contribution is 2.23. The highest BCUT2D eigenvalue weighted by Gasteiger charge is 2.18. The number of thioether (sulfide) groups is 1. The molecule has 3 aromatic rings. The molecule has 0 saturated carbocycles. The van der Waals surface area contributed by atoms with Crippen LogP contribution in [0.15, 0.2) is 51.4 Å². The van der Waals surface area contributed by atoms with Gasteiger partial charge in [0.2, 0.25) is 0 Å². The van der Waals surface area contributed by atoms with Crippen molar-refractivity contribution in [3.05, 3.63) is 46.7 Å². The van der Waals surface area contributed by atoms with E-state index in [4.69, 9.17) is 9.15 Å². The van der Waals surface area contributed by atoms with E-state index in [-0.39, 0.29) is 11.7 Å². The van der Waals surface area contributed by atoms with Gasteiger partial charge >= 0.3 is 5.97 Å². The van der Waals surface area contributed by atoms with Crippen LogP contribution in [0, 0.1) is 0 Å². The van der Waals surface area contributed by atoms with E-state index in [0.29, 0.717) is 17.4 Å². The molecule has 0 aliphatic rings. The Morgan fingerprint density at radius 1 is 1.32 bits per heavy atom. The molecule has 1 atom stereocenters. The molecule has 130 valence electrons. The Balaban J connectivity index is 1.44. The number of thiophene rings is 1. The number of para-hydroxylation sites is 2. The van der Waals surface area contributed by atoms with Crippen molar-refractivity contribution in [2.45, 2.75) is 24.8 Å². The molecule has 0 bridgehead atoms. The van der Waals surface area contributed by atoms with Crippen LogP contribution in [0.4, 0.5) is 0 Å². The first-order chi connectivity index (χ1) is 12.1. The van der Waals surface area contributed by atoms with Crippen LogP contribution in [-0.4, -0.2) is 28.7 Å². The molecule has 0 spiro atoms. The van der Waals surface area contributed by atoms with Gasteiger partial charge in [0.25, 0.3) is 11.1 Å². The third-order valence-corrected chi connectivity index (χ3v) is 4.96. The molecule has 0 aliphatic heterocycles. The Hall–Kier alpha value is -2.32. The fraction of sp³-hybridized carbons (Fsp3) is 0.235. The standard InChI is InChI=1S/C17H16N2O4S2/c1-11(16(21)18-9-12-5-4-8-24-12)22-15(20)10-25-17-19-13-6-2-3-7-14(13)23-17/h2-8,11H,9-10H2,1H3,(H,18,21). The van der Waals surface area contributed by atoms with Crippen LogP contribution in [0.2, 0.25) is 0 Å². The molecule has 6 nitrogen and oxygen atoms in total. The zero-order valence-electron chi connectivity index (χ0n) is 13.4. The van der Waals surface area contributed by atoms with E-state index < -0.39 is 12.1 Å². The molecule has 25 heavy (non-hydrogen) atoms.